The zero-order valence-electron chi connectivity index (χ0n) is 20.2. The third kappa shape index (κ3) is 4.10. The Hall–Kier alpha value is -4.47. The molecule has 0 saturated heterocycles. The van der Waals surface area contributed by atoms with Gasteiger partial charge in [0.15, 0.2) is 11.1 Å². The molecule has 0 aliphatic rings. The van der Waals surface area contributed by atoms with Crippen molar-refractivity contribution < 1.29 is 18.8 Å². The van der Waals surface area contributed by atoms with Gasteiger partial charge >= 0.3 is 0 Å². The van der Waals surface area contributed by atoms with E-state index in [1.54, 1.807) is 13.2 Å². The highest BCUT2D eigenvalue weighted by Crippen LogP contribution is 2.30. The molecule has 0 spiro atoms. The monoisotopic (exact) mass is 487 g/mol. The molecule has 36 heavy (non-hydrogen) atoms. The predicted molar refractivity (Wildman–Crippen MR) is 132 cm³/mol. The molecular formula is C26H25N5O5. The molecule has 0 bridgehead atoms. The van der Waals surface area contributed by atoms with E-state index in [0.717, 1.165) is 23.8 Å². The summed E-state index contributed by atoms with van der Waals surface area (Å²) in [4.78, 5) is 18.2. The second kappa shape index (κ2) is 9.65. The molecule has 0 amide bonds. The molecule has 0 unspecified atom stereocenters. The van der Waals surface area contributed by atoms with Crippen molar-refractivity contribution in [2.24, 2.45) is 0 Å². The molecule has 0 aliphatic carbocycles. The molecule has 3 aromatic heterocycles. The van der Waals surface area contributed by atoms with Gasteiger partial charge in [0.1, 0.15) is 17.3 Å². The molecule has 0 atom stereocenters. The van der Waals surface area contributed by atoms with Gasteiger partial charge in [-0.25, -0.2) is 0 Å². The summed E-state index contributed by atoms with van der Waals surface area (Å²) >= 11 is 0. The lowest BCUT2D eigenvalue weighted by Crippen LogP contribution is -2.26. The number of aromatic nitrogens is 5. The number of methoxy groups -OCH3 is 1. The maximum Gasteiger partial charge on any atom is 0.275 e. The van der Waals surface area contributed by atoms with Gasteiger partial charge in [-0.1, -0.05) is 42.8 Å². The molecular weight excluding hydrogens is 462 g/mol. The van der Waals surface area contributed by atoms with Crippen LogP contribution in [0.4, 0.5) is 0 Å². The fourth-order valence-corrected chi connectivity index (χ4v) is 4.19. The van der Waals surface area contributed by atoms with Gasteiger partial charge in [-0.15, -0.1) is 10.2 Å². The van der Waals surface area contributed by atoms with Crippen LogP contribution in [0.15, 0.2) is 56.2 Å². The average Bonchev–Trinajstić information content (AvgIpc) is 3.50. The van der Waals surface area contributed by atoms with Gasteiger partial charge in [0.25, 0.3) is 11.4 Å². The molecule has 0 saturated carbocycles. The standard InChI is InChI=1S/C26H25N5O5/c1-4-5-13-20-27-24(32)22(26(33)31(20)23-15(2)9-8-12-19(23)34-3)25-29-28-21(35-25)14-17-16-10-6-7-11-18(16)36-30-17/h6-12,32H,4-5,13-14H2,1-3H3. The van der Waals surface area contributed by atoms with Crippen molar-refractivity contribution in [1.82, 2.24) is 24.9 Å². The number of fused-ring (bicyclic) bond motifs is 1. The van der Waals surface area contributed by atoms with Crippen LogP contribution in [-0.2, 0) is 12.8 Å². The largest absolute Gasteiger partial charge is 0.495 e. The molecule has 0 radical (unpaired) electrons. The Morgan fingerprint density at radius 1 is 1.11 bits per heavy atom. The van der Waals surface area contributed by atoms with Crippen LogP contribution in [0.5, 0.6) is 11.6 Å². The van der Waals surface area contributed by atoms with Gasteiger partial charge < -0.3 is 18.8 Å². The van der Waals surface area contributed by atoms with Crippen molar-refractivity contribution >= 4 is 11.0 Å². The first-order valence-corrected chi connectivity index (χ1v) is 11.7. The molecule has 0 fully saturated rings. The number of hydrogen-bond donors (Lipinski definition) is 1. The summed E-state index contributed by atoms with van der Waals surface area (Å²) in [5.41, 5.74) is 1.94. The first-order valence-electron chi connectivity index (χ1n) is 11.7. The van der Waals surface area contributed by atoms with Gasteiger partial charge in [-0.05, 0) is 37.1 Å². The zero-order valence-corrected chi connectivity index (χ0v) is 20.2. The molecule has 184 valence electrons. The average molecular weight is 488 g/mol. The number of rotatable bonds is 8. The van der Waals surface area contributed by atoms with E-state index >= 15 is 0 Å². The number of aryl methyl sites for hydroxylation is 2. The Morgan fingerprint density at radius 2 is 1.94 bits per heavy atom. The number of unbranched alkanes of at least 4 members (excludes halogenated alkanes) is 1. The molecule has 2 aromatic carbocycles. The van der Waals surface area contributed by atoms with E-state index in [4.69, 9.17) is 13.7 Å². The van der Waals surface area contributed by atoms with Crippen LogP contribution in [0.1, 0.15) is 42.7 Å². The molecule has 1 N–H and O–H groups in total. The van der Waals surface area contributed by atoms with E-state index in [9.17, 15) is 9.90 Å². The minimum Gasteiger partial charge on any atom is -0.495 e. The summed E-state index contributed by atoms with van der Waals surface area (Å²) in [6.07, 6.45) is 2.38. The zero-order chi connectivity index (χ0) is 25.2. The third-order valence-corrected chi connectivity index (χ3v) is 5.98. The van der Waals surface area contributed by atoms with Crippen LogP contribution in [0, 0.1) is 6.92 Å². The molecule has 0 aliphatic heterocycles. The lowest BCUT2D eigenvalue weighted by Gasteiger charge is -2.18. The predicted octanol–water partition coefficient (Wildman–Crippen LogP) is 4.38. The molecule has 10 heteroatoms. The normalized spacial score (nSPS) is 11.3. The third-order valence-electron chi connectivity index (χ3n) is 5.98. The summed E-state index contributed by atoms with van der Waals surface area (Å²) in [5.74, 6) is 0.563. The molecule has 10 nitrogen and oxygen atoms in total. The van der Waals surface area contributed by atoms with Crippen molar-refractivity contribution in [3.05, 3.63) is 75.8 Å². The number of aromatic hydroxyl groups is 1. The van der Waals surface area contributed by atoms with Crippen LogP contribution in [-0.4, -0.2) is 37.1 Å². The highest BCUT2D eigenvalue weighted by molar-refractivity contribution is 5.79. The van der Waals surface area contributed by atoms with Crippen LogP contribution in [0.2, 0.25) is 0 Å². The smallest absolute Gasteiger partial charge is 0.275 e. The van der Waals surface area contributed by atoms with Gasteiger partial charge in [0, 0.05) is 11.8 Å². The quantitative estimate of drug-likeness (QED) is 0.339. The number of hydrogen-bond acceptors (Lipinski definition) is 9. The Labute approximate surface area is 206 Å². The summed E-state index contributed by atoms with van der Waals surface area (Å²) in [5, 5.41) is 23.8. The first kappa shape index (κ1) is 23.3. The minimum atomic E-state index is -0.525. The van der Waals surface area contributed by atoms with Crippen molar-refractivity contribution in [1.29, 1.82) is 0 Å². The van der Waals surface area contributed by atoms with Crippen LogP contribution in [0.3, 0.4) is 0 Å². The van der Waals surface area contributed by atoms with Gasteiger partial charge in [0.2, 0.25) is 11.8 Å². The first-order chi connectivity index (χ1) is 17.5. The minimum absolute atomic E-state index is 0.129. The SMILES string of the molecule is CCCCc1nc(O)c(-c2nnc(Cc3noc4ccccc34)o2)c(=O)n1-c1c(C)cccc1OC. The maximum atomic E-state index is 13.8. The fourth-order valence-electron chi connectivity index (χ4n) is 4.19. The Balaban J connectivity index is 1.61. The van der Waals surface area contributed by atoms with E-state index in [0.29, 0.717) is 35.0 Å². The Bertz CT molecular complexity index is 1600. The van der Waals surface area contributed by atoms with Crippen molar-refractivity contribution in [2.75, 3.05) is 7.11 Å². The molecule has 3 heterocycles. The van der Waals surface area contributed by atoms with Crippen molar-refractivity contribution in [3.8, 4) is 28.8 Å². The van der Waals surface area contributed by atoms with E-state index < -0.39 is 11.4 Å². The van der Waals surface area contributed by atoms with E-state index in [-0.39, 0.29) is 23.8 Å². The number of benzene rings is 2. The van der Waals surface area contributed by atoms with E-state index in [2.05, 4.69) is 20.3 Å². The topological polar surface area (TPSA) is 129 Å². The van der Waals surface area contributed by atoms with Crippen molar-refractivity contribution in [2.45, 2.75) is 39.5 Å². The second-order valence-electron chi connectivity index (χ2n) is 8.40. The van der Waals surface area contributed by atoms with Gasteiger partial charge in [-0.3, -0.25) is 9.36 Å². The molecule has 5 rings (SSSR count). The highest BCUT2D eigenvalue weighted by atomic mass is 16.5. The van der Waals surface area contributed by atoms with E-state index in [1.807, 2.05) is 50.2 Å². The number of nitrogens with zero attached hydrogens (tertiary/aromatic N) is 5. The van der Waals surface area contributed by atoms with Gasteiger partial charge in [0.05, 0.1) is 19.2 Å². The Morgan fingerprint density at radius 3 is 2.75 bits per heavy atom. The van der Waals surface area contributed by atoms with Crippen LogP contribution < -0.4 is 10.3 Å². The summed E-state index contributed by atoms with van der Waals surface area (Å²) < 4.78 is 18.2. The summed E-state index contributed by atoms with van der Waals surface area (Å²) in [6, 6.07) is 13.0. The second-order valence-corrected chi connectivity index (χ2v) is 8.40. The lowest BCUT2D eigenvalue weighted by atomic mass is 10.1. The number of para-hydroxylation sites is 2. The lowest BCUT2D eigenvalue weighted by molar-refractivity contribution is 0.410. The van der Waals surface area contributed by atoms with Crippen molar-refractivity contribution in [3.63, 3.8) is 0 Å². The number of ether oxygens (including phenoxy) is 1. The van der Waals surface area contributed by atoms with Crippen LogP contribution in [0.25, 0.3) is 28.1 Å². The van der Waals surface area contributed by atoms with Gasteiger partial charge in [-0.2, -0.15) is 4.98 Å². The molecule has 5 aromatic rings. The van der Waals surface area contributed by atoms with E-state index in [1.165, 1.54) is 4.57 Å². The highest BCUT2D eigenvalue weighted by Gasteiger charge is 2.26. The summed E-state index contributed by atoms with van der Waals surface area (Å²) in [6.45, 7) is 3.93. The summed E-state index contributed by atoms with van der Waals surface area (Å²) in [7, 11) is 1.54. The van der Waals surface area contributed by atoms with Crippen LogP contribution >= 0.6 is 0 Å². The Kier molecular flexibility index (Phi) is 6.24. The maximum absolute atomic E-state index is 13.8. The fraction of sp³-hybridized carbons (Fsp3) is 0.269.